The van der Waals surface area contributed by atoms with Crippen molar-refractivity contribution in [2.75, 3.05) is 0 Å². The van der Waals surface area contributed by atoms with E-state index in [1.165, 1.54) is 38.9 Å². The summed E-state index contributed by atoms with van der Waals surface area (Å²) in [7, 11) is 0. The van der Waals surface area contributed by atoms with E-state index in [0.717, 1.165) is 33.0 Å². The number of aliphatic hydroxyl groups excluding tert-OH is 1. The minimum Gasteiger partial charge on any atom is -0.511 e. The predicted octanol–water partition coefficient (Wildman–Crippen LogP) is 11.2. The topological polar surface area (TPSA) is 78.3 Å². The van der Waals surface area contributed by atoms with Gasteiger partial charge >= 0.3 is 5.78 Å². The number of rotatable bonds is 3. The summed E-state index contributed by atoms with van der Waals surface area (Å²) in [6.07, 6.45) is 3.34. The Balaban J connectivity index is 0.000000319. The van der Waals surface area contributed by atoms with E-state index in [1.54, 1.807) is 0 Å². The molecule has 0 aliphatic rings. The molecule has 1 radical (unpaired) electrons. The van der Waals surface area contributed by atoms with Crippen molar-refractivity contribution in [3.63, 3.8) is 0 Å². The maximum Gasteiger partial charge on any atom is 0.325 e. The van der Waals surface area contributed by atoms with E-state index < -0.39 is 0 Å². The number of nitriles is 1. The zero-order valence-electron chi connectivity index (χ0n) is 28.9. The molecule has 0 saturated carbocycles. The summed E-state index contributed by atoms with van der Waals surface area (Å²) in [4.78, 5) is 14.3. The second-order valence-electron chi connectivity index (χ2n) is 14.3. The fourth-order valence-electron chi connectivity index (χ4n) is 5.47. The van der Waals surface area contributed by atoms with Gasteiger partial charge in [0.1, 0.15) is 5.76 Å². The van der Waals surface area contributed by atoms with E-state index in [1.807, 2.05) is 65.9 Å². The third-order valence-corrected chi connectivity index (χ3v) is 8.28. The van der Waals surface area contributed by atoms with Gasteiger partial charge in [-0.1, -0.05) is 77.1 Å². The maximum atomic E-state index is 9.60. The summed E-state index contributed by atoms with van der Waals surface area (Å²) in [6.45, 7) is 15.6. The Kier molecular flexibility index (Phi) is 10.7. The van der Waals surface area contributed by atoms with E-state index >= 15 is 0 Å². The zero-order valence-corrected chi connectivity index (χ0v) is 31.3. The molecule has 48 heavy (non-hydrogen) atoms. The minimum absolute atomic E-state index is 0. The fourth-order valence-corrected chi connectivity index (χ4v) is 5.47. The van der Waals surface area contributed by atoms with Crippen molar-refractivity contribution >= 4 is 38.1 Å². The standard InChI is InChI=1S/C32H21N2.C11H20O2.Ir/c1-20-13-21(2)15-28(14-20)32-31-10-8-27-18-26(7-9-29(27)30(31)11-12-34-32)25-6-5-23-16-22(19-33)3-4-24(23)17-25;1-10(2,3)8(12)7-9(13)11(4,5)6;/h3-14,16-18H,1-2H3;7,12H,1-6H3;/q-1;;/p+1/b;8-7-;. The first-order chi connectivity index (χ1) is 22.1. The molecule has 1 aromatic heterocycles. The van der Waals surface area contributed by atoms with Crippen LogP contribution in [0.15, 0.2) is 103 Å². The summed E-state index contributed by atoms with van der Waals surface area (Å²) < 4.78 is 0. The largest absolute Gasteiger partial charge is 0.511 e. The van der Waals surface area contributed by atoms with Gasteiger partial charge in [-0.2, -0.15) is 5.26 Å². The first-order valence-corrected chi connectivity index (χ1v) is 15.9. The van der Waals surface area contributed by atoms with Crippen LogP contribution in [0.3, 0.4) is 0 Å². The third kappa shape index (κ3) is 8.08. The molecule has 5 heteroatoms. The van der Waals surface area contributed by atoms with Crippen molar-refractivity contribution in [3.8, 4) is 28.5 Å². The summed E-state index contributed by atoms with van der Waals surface area (Å²) in [5.41, 5.74) is 6.77. The molecule has 0 fully saturated rings. The van der Waals surface area contributed by atoms with Crippen LogP contribution in [-0.2, 0) is 20.1 Å². The number of hydrogen-bond acceptors (Lipinski definition) is 3. The van der Waals surface area contributed by atoms with Crippen molar-refractivity contribution in [2.45, 2.75) is 55.4 Å². The Morgan fingerprint density at radius 2 is 1.35 bits per heavy atom. The minimum atomic E-state index is -0.306. The fraction of sp³-hybridized carbons (Fsp3) is 0.233. The number of fused-ring (bicyclic) bond motifs is 4. The molecule has 0 atom stereocenters. The molecule has 0 aliphatic heterocycles. The van der Waals surface area contributed by atoms with Gasteiger partial charge in [-0.05, 0) is 100 Å². The molecule has 6 rings (SSSR count). The molecule has 1 heterocycles. The molecule has 0 amide bonds. The maximum absolute atomic E-state index is 9.60. The van der Waals surface area contributed by atoms with Crippen LogP contribution < -0.4 is 0 Å². The number of ketones is 1. The molecular formula is C43H42IrN2O2. The normalized spacial score (nSPS) is 11.9. The second-order valence-corrected chi connectivity index (χ2v) is 14.3. The number of carbonyl (C=O) groups excluding carboxylic acids is 1. The monoisotopic (exact) mass is 811 g/mol. The number of benzene rings is 5. The van der Waals surface area contributed by atoms with Crippen LogP contribution >= 0.6 is 0 Å². The van der Waals surface area contributed by atoms with E-state index in [2.05, 4.69) is 92.7 Å². The number of allylic oxidation sites excluding steroid dienone is 2. The smallest absolute Gasteiger partial charge is 0.325 e. The van der Waals surface area contributed by atoms with Gasteiger partial charge in [0.2, 0.25) is 0 Å². The van der Waals surface area contributed by atoms with Gasteiger partial charge in [0, 0.05) is 31.7 Å². The quantitative estimate of drug-likeness (QED) is 0.0636. The molecule has 0 saturated heterocycles. The summed E-state index contributed by atoms with van der Waals surface area (Å²) in [5, 5.41) is 25.7. The summed E-state index contributed by atoms with van der Waals surface area (Å²) >= 11 is 0. The predicted molar refractivity (Wildman–Crippen MR) is 197 cm³/mol. The van der Waals surface area contributed by atoms with Crippen LogP contribution in [0.2, 0.25) is 0 Å². The SMILES string of the molecule is CC(C)(C)C(=[OH+])/C=C(\O)C(C)(C)C.Cc1[c-]c(-c2nccc3c2ccc2cc(-c4ccc5cc(C#N)ccc5c4)ccc23)cc(C)c1.[Ir]. The molecule has 0 unspecified atom stereocenters. The first-order valence-electron chi connectivity index (χ1n) is 15.9. The number of aromatic nitrogens is 1. The van der Waals surface area contributed by atoms with Gasteiger partial charge < -0.3 is 10.1 Å². The van der Waals surface area contributed by atoms with Crippen LogP contribution in [0.25, 0.3) is 54.7 Å². The van der Waals surface area contributed by atoms with Crippen molar-refractivity contribution in [1.29, 1.82) is 5.26 Å². The Hall–Kier alpha value is -4.62. The molecular weight excluding hydrogens is 769 g/mol. The molecule has 4 nitrogen and oxygen atoms in total. The van der Waals surface area contributed by atoms with Crippen LogP contribution in [0.4, 0.5) is 0 Å². The average molecular weight is 811 g/mol. The average Bonchev–Trinajstić information content (AvgIpc) is 3.02. The number of pyridine rings is 1. The van der Waals surface area contributed by atoms with Crippen LogP contribution in [-0.4, -0.2) is 20.7 Å². The van der Waals surface area contributed by atoms with Gasteiger partial charge in [-0.25, -0.2) is 0 Å². The molecule has 0 bridgehead atoms. The van der Waals surface area contributed by atoms with Gasteiger partial charge in [0.05, 0.1) is 23.1 Å². The van der Waals surface area contributed by atoms with Crippen molar-refractivity contribution < 1.29 is 30.0 Å². The van der Waals surface area contributed by atoms with Crippen molar-refractivity contribution in [2.24, 2.45) is 10.8 Å². The Bertz CT molecular complexity index is 2210. The molecule has 245 valence electrons. The van der Waals surface area contributed by atoms with E-state index in [9.17, 15) is 9.90 Å². The molecule has 5 aromatic carbocycles. The van der Waals surface area contributed by atoms with Crippen molar-refractivity contribution in [1.82, 2.24) is 4.98 Å². The Morgan fingerprint density at radius 3 is 2.00 bits per heavy atom. The molecule has 0 spiro atoms. The van der Waals surface area contributed by atoms with E-state index in [4.69, 9.17) is 10.2 Å². The number of hydrogen-bond donors (Lipinski definition) is 1. The van der Waals surface area contributed by atoms with Gasteiger partial charge in [-0.15, -0.1) is 34.9 Å². The Morgan fingerprint density at radius 1 is 0.750 bits per heavy atom. The number of nitrogens with zero attached hydrogens (tertiary/aromatic N) is 2. The molecule has 2 N–H and O–H groups in total. The van der Waals surface area contributed by atoms with E-state index in [0.29, 0.717) is 5.56 Å². The molecule has 6 aromatic rings. The first kappa shape index (κ1) is 36.2. The number of aliphatic hydroxyl groups is 1. The summed E-state index contributed by atoms with van der Waals surface area (Å²) in [5.74, 6) is 0.417. The summed E-state index contributed by atoms with van der Waals surface area (Å²) in [6, 6.07) is 35.3. The second kappa shape index (κ2) is 14.2. The van der Waals surface area contributed by atoms with E-state index in [-0.39, 0.29) is 42.5 Å². The van der Waals surface area contributed by atoms with Gasteiger partial charge in [-0.3, -0.25) is 4.79 Å². The van der Waals surface area contributed by atoms with Crippen LogP contribution in [0.5, 0.6) is 0 Å². The molecule has 0 aliphatic carbocycles. The van der Waals surface area contributed by atoms with Crippen LogP contribution in [0, 0.1) is 42.1 Å². The van der Waals surface area contributed by atoms with Crippen molar-refractivity contribution in [3.05, 3.63) is 126 Å². The van der Waals surface area contributed by atoms with Crippen LogP contribution in [0.1, 0.15) is 58.2 Å². The number of aryl methyl sites for hydroxylation is 2. The van der Waals surface area contributed by atoms with Gasteiger partial charge in [0.15, 0.2) is 0 Å². The van der Waals surface area contributed by atoms with Gasteiger partial charge in [0.25, 0.3) is 0 Å². The Labute approximate surface area is 297 Å². The third-order valence-electron chi connectivity index (χ3n) is 8.28. The zero-order chi connectivity index (χ0) is 34.1.